The highest BCUT2D eigenvalue weighted by Gasteiger charge is 2.23. The highest BCUT2D eigenvalue weighted by molar-refractivity contribution is 7.00. The van der Waals surface area contributed by atoms with E-state index in [9.17, 15) is 21.0 Å². The first-order chi connectivity index (χ1) is 21.1. The minimum Gasteiger partial charge on any atom is -0.247 e. The average molecular weight is 566 g/mol. The van der Waals surface area contributed by atoms with Gasteiger partial charge in [-0.05, 0) is 47.5 Å². The van der Waals surface area contributed by atoms with Gasteiger partial charge < -0.3 is 0 Å². The second kappa shape index (κ2) is 10.2. The topological polar surface area (TPSA) is 134 Å². The van der Waals surface area contributed by atoms with Gasteiger partial charge in [-0.2, -0.15) is 29.8 Å². The summed E-state index contributed by atoms with van der Waals surface area (Å²) in [5.74, 6) is 0. The van der Waals surface area contributed by atoms with Crippen molar-refractivity contribution in [3.63, 3.8) is 0 Å². The fraction of sp³-hybridized carbons (Fsp3) is 0. The van der Waals surface area contributed by atoms with Crippen molar-refractivity contribution >= 4 is 44.4 Å². The zero-order chi connectivity index (χ0) is 29.5. The lowest BCUT2D eigenvalue weighted by Crippen LogP contribution is -1.96. The summed E-state index contributed by atoms with van der Waals surface area (Å²) in [4.78, 5) is 5.16. The van der Waals surface area contributed by atoms with E-state index in [1.807, 2.05) is 72.8 Å². The first kappa shape index (κ1) is 25.5. The molecule has 0 saturated heterocycles. The molecule has 8 heteroatoms. The summed E-state index contributed by atoms with van der Waals surface area (Å²) in [6.07, 6.45) is 0. The number of fused-ring (bicyclic) bond motifs is 5. The lowest BCUT2D eigenvalue weighted by Gasteiger charge is -2.15. The Labute approximate surface area is 249 Å². The van der Waals surface area contributed by atoms with E-state index in [4.69, 9.17) is 9.36 Å². The molecule has 0 atom stereocenters. The van der Waals surface area contributed by atoms with E-state index in [-0.39, 0.29) is 16.7 Å². The third-order valence-electron chi connectivity index (χ3n) is 7.47. The Hall–Kier alpha value is -6.45. The maximum atomic E-state index is 10.0. The van der Waals surface area contributed by atoms with Crippen molar-refractivity contribution in [1.82, 2.24) is 13.7 Å². The summed E-state index contributed by atoms with van der Waals surface area (Å²) in [6, 6.07) is 36.8. The SMILES string of the molecule is N#Cc1ccc(-c2ccc3c(c2)nc(-c2ccccc2)c2cc(-c4c(C#N)cc(C#N)cc4C#N)c4nsnc4c23)cc1. The van der Waals surface area contributed by atoms with E-state index in [1.54, 1.807) is 12.1 Å². The first-order valence-electron chi connectivity index (χ1n) is 13.1. The normalized spacial score (nSPS) is 10.7. The molecule has 7 nitrogen and oxygen atoms in total. The van der Waals surface area contributed by atoms with Crippen LogP contribution in [0.3, 0.4) is 0 Å². The van der Waals surface area contributed by atoms with Crippen LogP contribution in [0.15, 0.2) is 91.0 Å². The van der Waals surface area contributed by atoms with E-state index in [2.05, 4.69) is 22.6 Å². The zero-order valence-corrected chi connectivity index (χ0v) is 23.0. The molecule has 0 bridgehead atoms. The molecule has 0 aliphatic carbocycles. The largest absolute Gasteiger partial charge is 0.247 e. The molecule has 0 N–H and O–H groups in total. The van der Waals surface area contributed by atoms with Gasteiger partial charge in [-0.1, -0.05) is 54.6 Å². The third-order valence-corrected chi connectivity index (χ3v) is 7.99. The molecule has 0 amide bonds. The molecule has 0 saturated carbocycles. The van der Waals surface area contributed by atoms with Gasteiger partial charge in [0.2, 0.25) is 0 Å². The standard InChI is InChI=1S/C35H15N7S/c36-16-20-6-8-22(9-7-20)24-10-11-27-30(14-24)40-33(23-4-2-1-3-5-23)29-15-28(34-35(32(27)29)42-43-41-34)31-25(18-38)12-21(17-37)13-26(31)19-39/h1-15H. The van der Waals surface area contributed by atoms with E-state index >= 15 is 0 Å². The fourth-order valence-electron chi connectivity index (χ4n) is 5.51. The molecule has 2 aromatic heterocycles. The van der Waals surface area contributed by atoms with Crippen LogP contribution in [0.2, 0.25) is 0 Å². The van der Waals surface area contributed by atoms with Gasteiger partial charge in [-0.15, -0.1) is 0 Å². The number of benzene rings is 5. The molecule has 0 spiro atoms. The monoisotopic (exact) mass is 565 g/mol. The number of hydrogen-bond acceptors (Lipinski definition) is 8. The summed E-state index contributed by atoms with van der Waals surface area (Å²) < 4.78 is 9.35. The van der Waals surface area contributed by atoms with Crippen molar-refractivity contribution < 1.29 is 0 Å². The summed E-state index contributed by atoms with van der Waals surface area (Å²) in [5, 5.41) is 41.4. The quantitative estimate of drug-likeness (QED) is 0.199. The van der Waals surface area contributed by atoms with Crippen LogP contribution in [0.4, 0.5) is 0 Å². The maximum Gasteiger partial charge on any atom is 0.114 e. The third kappa shape index (κ3) is 4.12. The summed E-state index contributed by atoms with van der Waals surface area (Å²) >= 11 is 1.06. The molecule has 2 heterocycles. The minimum atomic E-state index is 0.214. The molecule has 43 heavy (non-hydrogen) atoms. The van der Waals surface area contributed by atoms with Gasteiger partial charge in [0.05, 0.1) is 69.5 Å². The van der Waals surface area contributed by atoms with Gasteiger partial charge in [0.25, 0.3) is 0 Å². The second-order valence-electron chi connectivity index (χ2n) is 9.84. The molecule has 0 unspecified atom stereocenters. The molecule has 7 rings (SSSR count). The predicted octanol–water partition coefficient (Wildman–Crippen LogP) is 7.88. The molecular weight excluding hydrogens is 551 g/mol. The van der Waals surface area contributed by atoms with Crippen LogP contribution in [-0.2, 0) is 0 Å². The van der Waals surface area contributed by atoms with Crippen LogP contribution in [0.1, 0.15) is 22.3 Å². The molecule has 196 valence electrons. The van der Waals surface area contributed by atoms with E-state index in [0.29, 0.717) is 27.7 Å². The van der Waals surface area contributed by atoms with Crippen LogP contribution in [0, 0.1) is 45.3 Å². The molecule has 0 radical (unpaired) electrons. The van der Waals surface area contributed by atoms with E-state index in [1.165, 1.54) is 12.1 Å². The van der Waals surface area contributed by atoms with Crippen molar-refractivity contribution in [3.8, 4) is 57.8 Å². The van der Waals surface area contributed by atoms with Gasteiger partial charge in [0.15, 0.2) is 0 Å². The number of pyridine rings is 1. The summed E-state index contributed by atoms with van der Waals surface area (Å²) in [5.41, 5.74) is 7.78. The molecule has 0 aliphatic heterocycles. The fourth-order valence-corrected chi connectivity index (χ4v) is 6.08. The van der Waals surface area contributed by atoms with Crippen molar-refractivity contribution in [2.45, 2.75) is 0 Å². The lowest BCUT2D eigenvalue weighted by atomic mass is 9.89. The number of nitriles is 4. The van der Waals surface area contributed by atoms with Crippen molar-refractivity contribution in [3.05, 3.63) is 113 Å². The van der Waals surface area contributed by atoms with Crippen LogP contribution >= 0.6 is 11.7 Å². The van der Waals surface area contributed by atoms with Crippen LogP contribution in [0.25, 0.3) is 66.2 Å². The van der Waals surface area contributed by atoms with Crippen molar-refractivity contribution in [2.24, 2.45) is 0 Å². The predicted molar refractivity (Wildman–Crippen MR) is 165 cm³/mol. The number of rotatable bonds is 3. The first-order valence-corrected chi connectivity index (χ1v) is 13.8. The Bertz CT molecular complexity index is 2400. The molecule has 0 aliphatic rings. The molecule has 0 fully saturated rings. The van der Waals surface area contributed by atoms with Crippen LogP contribution in [0.5, 0.6) is 0 Å². The Balaban J connectivity index is 1.60. The summed E-state index contributed by atoms with van der Waals surface area (Å²) in [7, 11) is 0. The van der Waals surface area contributed by atoms with Gasteiger partial charge in [0, 0.05) is 32.8 Å². The van der Waals surface area contributed by atoms with Crippen LogP contribution in [-0.4, -0.2) is 13.7 Å². The van der Waals surface area contributed by atoms with Gasteiger partial charge in [0.1, 0.15) is 11.0 Å². The van der Waals surface area contributed by atoms with Gasteiger partial charge >= 0.3 is 0 Å². The van der Waals surface area contributed by atoms with Crippen LogP contribution < -0.4 is 0 Å². The van der Waals surface area contributed by atoms with Gasteiger partial charge in [-0.3, -0.25) is 0 Å². The Morgan fingerprint density at radius 2 is 1.23 bits per heavy atom. The maximum absolute atomic E-state index is 10.0. The molecule has 7 aromatic rings. The number of nitrogens with zero attached hydrogens (tertiary/aromatic N) is 7. The van der Waals surface area contributed by atoms with E-state index < -0.39 is 0 Å². The molecular formula is C35H15N7S. The second-order valence-corrected chi connectivity index (χ2v) is 10.4. The van der Waals surface area contributed by atoms with Crippen molar-refractivity contribution in [2.75, 3.05) is 0 Å². The smallest absolute Gasteiger partial charge is 0.114 e. The lowest BCUT2D eigenvalue weighted by molar-refractivity contribution is 1.41. The Morgan fingerprint density at radius 3 is 1.91 bits per heavy atom. The number of aromatic nitrogens is 3. The Kier molecular flexibility index (Phi) is 6.04. The van der Waals surface area contributed by atoms with E-state index in [0.717, 1.165) is 55.8 Å². The highest BCUT2D eigenvalue weighted by atomic mass is 32.1. The highest BCUT2D eigenvalue weighted by Crippen LogP contribution is 2.43. The average Bonchev–Trinajstić information content (AvgIpc) is 3.57. The Morgan fingerprint density at radius 1 is 0.558 bits per heavy atom. The number of hydrogen-bond donors (Lipinski definition) is 0. The zero-order valence-electron chi connectivity index (χ0n) is 22.2. The van der Waals surface area contributed by atoms with Gasteiger partial charge in [-0.25, -0.2) is 4.98 Å². The summed E-state index contributed by atoms with van der Waals surface area (Å²) in [6.45, 7) is 0. The van der Waals surface area contributed by atoms with Crippen molar-refractivity contribution in [1.29, 1.82) is 21.0 Å². The minimum absolute atomic E-state index is 0.214. The molecule has 5 aromatic carbocycles.